The number of hydrogen-bond donors (Lipinski definition) is 0. The Morgan fingerprint density at radius 3 is 2.77 bits per heavy atom. The molecule has 1 unspecified atom stereocenters. The van der Waals surface area contributed by atoms with Crippen molar-refractivity contribution in [3.05, 3.63) is 89.1 Å². The van der Waals surface area contributed by atoms with E-state index in [1.165, 1.54) is 6.08 Å². The largest absolute Gasteiger partial charge is 0.497 e. The number of rotatable bonds is 6. The van der Waals surface area contributed by atoms with Gasteiger partial charge in [-0.2, -0.15) is 0 Å². The molecule has 1 aliphatic heterocycles. The third-order valence-corrected chi connectivity index (χ3v) is 6.43. The zero-order chi connectivity index (χ0) is 24.5. The predicted molar refractivity (Wildman–Crippen MR) is 134 cm³/mol. The summed E-state index contributed by atoms with van der Waals surface area (Å²) in [4.78, 5) is 31.7. The van der Waals surface area contributed by atoms with Crippen LogP contribution in [0.15, 0.2) is 78.4 Å². The number of likely N-dealkylation sites (tertiary alicyclic amines) is 1. The van der Waals surface area contributed by atoms with Gasteiger partial charge in [-0.05, 0) is 48.9 Å². The highest BCUT2D eigenvalue weighted by atomic mass is 35.5. The van der Waals surface area contributed by atoms with Crippen LogP contribution in [-0.2, 0) is 4.79 Å². The molecule has 35 heavy (non-hydrogen) atoms. The van der Waals surface area contributed by atoms with Gasteiger partial charge in [0, 0.05) is 25.4 Å². The lowest BCUT2D eigenvalue weighted by molar-refractivity contribution is -0.125. The number of fused-ring (bicyclic) bond motifs is 1. The van der Waals surface area contributed by atoms with Crippen LogP contribution in [0.5, 0.6) is 17.2 Å². The van der Waals surface area contributed by atoms with Gasteiger partial charge in [0.2, 0.25) is 5.91 Å². The second-order valence-corrected chi connectivity index (χ2v) is 8.59. The molecule has 4 aromatic rings. The van der Waals surface area contributed by atoms with E-state index >= 15 is 0 Å². The Morgan fingerprint density at radius 2 is 2.00 bits per heavy atom. The van der Waals surface area contributed by atoms with Crippen molar-refractivity contribution in [2.45, 2.75) is 12.5 Å². The summed E-state index contributed by atoms with van der Waals surface area (Å²) in [5, 5.41) is 0.352. The van der Waals surface area contributed by atoms with Crippen molar-refractivity contribution in [1.29, 1.82) is 0 Å². The minimum absolute atomic E-state index is 0.135. The molecule has 3 heterocycles. The van der Waals surface area contributed by atoms with Crippen LogP contribution < -0.4 is 15.2 Å². The van der Waals surface area contributed by atoms with Gasteiger partial charge in [0.05, 0.1) is 41.1 Å². The average Bonchev–Trinajstić information content (AvgIpc) is 3.47. The summed E-state index contributed by atoms with van der Waals surface area (Å²) >= 11 is 6.56. The third-order valence-electron chi connectivity index (χ3n) is 6.13. The molecule has 1 atom stereocenters. The highest BCUT2D eigenvalue weighted by molar-refractivity contribution is 6.32. The summed E-state index contributed by atoms with van der Waals surface area (Å²) in [6.07, 6.45) is 5.29. The van der Waals surface area contributed by atoms with Crippen molar-refractivity contribution in [2.75, 3.05) is 20.2 Å². The number of methoxy groups -OCH3 is 1. The zero-order valence-electron chi connectivity index (χ0n) is 19.1. The quantitative estimate of drug-likeness (QED) is 0.369. The molecule has 1 amide bonds. The highest BCUT2D eigenvalue weighted by Gasteiger charge is 2.30. The van der Waals surface area contributed by atoms with Crippen molar-refractivity contribution >= 4 is 28.5 Å². The fraction of sp³-hybridized carbons (Fsp3) is 0.192. The highest BCUT2D eigenvalue weighted by Crippen LogP contribution is 2.33. The average molecular weight is 491 g/mol. The number of halogens is 1. The van der Waals surface area contributed by atoms with Gasteiger partial charge in [-0.3, -0.25) is 18.9 Å². The molecular weight excluding hydrogens is 468 g/mol. The molecule has 1 fully saturated rings. The lowest BCUT2D eigenvalue weighted by Crippen LogP contribution is -2.31. The zero-order valence-corrected chi connectivity index (χ0v) is 19.8. The molecule has 178 valence electrons. The molecule has 0 radical (unpaired) electrons. The van der Waals surface area contributed by atoms with E-state index in [1.807, 2.05) is 18.2 Å². The summed E-state index contributed by atoms with van der Waals surface area (Å²) in [6.45, 7) is 4.58. The smallest absolute Gasteiger partial charge is 0.334 e. The SMILES string of the molecule is C=CC(=O)N1CCC(n2c(=O)n(-c3ccc(Oc4cccc(OC)c4)c(Cl)c3)c3cnccc32)C1. The van der Waals surface area contributed by atoms with Gasteiger partial charge in [-0.25, -0.2) is 4.79 Å². The first-order valence-corrected chi connectivity index (χ1v) is 11.5. The molecule has 0 bridgehead atoms. The van der Waals surface area contributed by atoms with Crippen molar-refractivity contribution in [3.8, 4) is 22.9 Å². The Kier molecular flexibility index (Phi) is 6.05. The van der Waals surface area contributed by atoms with Crippen LogP contribution in [0.3, 0.4) is 0 Å². The Balaban J connectivity index is 1.52. The van der Waals surface area contributed by atoms with Crippen molar-refractivity contribution < 1.29 is 14.3 Å². The van der Waals surface area contributed by atoms with E-state index in [1.54, 1.807) is 63.9 Å². The van der Waals surface area contributed by atoms with Crippen molar-refractivity contribution in [3.63, 3.8) is 0 Å². The normalized spacial score (nSPS) is 15.4. The van der Waals surface area contributed by atoms with Crippen LogP contribution in [0.2, 0.25) is 5.02 Å². The van der Waals surface area contributed by atoms with Gasteiger partial charge in [0.25, 0.3) is 0 Å². The van der Waals surface area contributed by atoms with E-state index in [4.69, 9.17) is 21.1 Å². The Labute approximate surface area is 206 Å². The molecule has 2 aromatic heterocycles. The predicted octanol–water partition coefficient (Wildman–Crippen LogP) is 4.60. The first-order valence-electron chi connectivity index (χ1n) is 11.1. The molecule has 1 aliphatic rings. The van der Waals surface area contributed by atoms with E-state index in [-0.39, 0.29) is 17.6 Å². The first kappa shape index (κ1) is 22.7. The summed E-state index contributed by atoms with van der Waals surface area (Å²) in [5.41, 5.74) is 1.77. The molecule has 5 rings (SSSR count). The van der Waals surface area contributed by atoms with Crippen LogP contribution in [0.4, 0.5) is 0 Å². The number of ether oxygens (including phenoxy) is 2. The summed E-state index contributed by atoms with van der Waals surface area (Å²) < 4.78 is 14.5. The van der Waals surface area contributed by atoms with Crippen LogP contribution >= 0.6 is 11.6 Å². The summed E-state index contributed by atoms with van der Waals surface area (Å²) in [6, 6.07) is 14.1. The maximum Gasteiger partial charge on any atom is 0.334 e. The van der Waals surface area contributed by atoms with Gasteiger partial charge in [0.1, 0.15) is 17.2 Å². The number of imidazole rings is 1. The maximum absolute atomic E-state index is 13.7. The van der Waals surface area contributed by atoms with E-state index < -0.39 is 0 Å². The Bertz CT molecular complexity index is 1490. The van der Waals surface area contributed by atoms with Crippen molar-refractivity contribution in [2.24, 2.45) is 0 Å². The van der Waals surface area contributed by atoms with Gasteiger partial charge in [-0.15, -0.1) is 0 Å². The van der Waals surface area contributed by atoms with Crippen LogP contribution in [0, 0.1) is 0 Å². The van der Waals surface area contributed by atoms with Crippen LogP contribution in [-0.4, -0.2) is 45.1 Å². The molecule has 8 nitrogen and oxygen atoms in total. The molecule has 2 aromatic carbocycles. The van der Waals surface area contributed by atoms with Gasteiger partial charge in [0.15, 0.2) is 0 Å². The lowest BCUT2D eigenvalue weighted by Gasteiger charge is -2.15. The van der Waals surface area contributed by atoms with E-state index in [0.717, 1.165) is 5.52 Å². The van der Waals surface area contributed by atoms with E-state index in [0.29, 0.717) is 53.0 Å². The van der Waals surface area contributed by atoms with Crippen LogP contribution in [0.1, 0.15) is 12.5 Å². The molecule has 0 spiro atoms. The number of amides is 1. The number of pyridine rings is 1. The lowest BCUT2D eigenvalue weighted by atomic mass is 10.2. The van der Waals surface area contributed by atoms with E-state index in [2.05, 4.69) is 11.6 Å². The maximum atomic E-state index is 13.7. The standard InChI is InChI=1S/C26H23ClN4O4/c1-3-25(32)29-12-10-18(16-29)31-22-9-11-28-15-23(22)30(26(31)33)17-7-8-24(21(27)13-17)35-20-6-4-5-19(14-20)34-2/h3-9,11,13-15,18H,1,10,12,16H2,2H3. The van der Waals surface area contributed by atoms with Gasteiger partial charge < -0.3 is 14.4 Å². The Hall–Kier alpha value is -4.04. The molecule has 9 heteroatoms. The summed E-state index contributed by atoms with van der Waals surface area (Å²) in [7, 11) is 1.59. The van der Waals surface area contributed by atoms with E-state index in [9.17, 15) is 9.59 Å². The minimum Gasteiger partial charge on any atom is -0.497 e. The number of carbonyl (C=O) groups is 1. The molecule has 0 aliphatic carbocycles. The molecule has 0 saturated carbocycles. The molecular formula is C26H23ClN4O4. The second kappa shape index (κ2) is 9.31. The van der Waals surface area contributed by atoms with Crippen LogP contribution in [0.25, 0.3) is 16.7 Å². The number of benzene rings is 2. The second-order valence-electron chi connectivity index (χ2n) is 8.18. The number of aromatic nitrogens is 3. The topological polar surface area (TPSA) is 78.6 Å². The van der Waals surface area contributed by atoms with Gasteiger partial charge >= 0.3 is 5.69 Å². The third kappa shape index (κ3) is 4.17. The minimum atomic E-state index is -0.219. The Morgan fingerprint density at radius 1 is 1.17 bits per heavy atom. The summed E-state index contributed by atoms with van der Waals surface area (Å²) in [5.74, 6) is 1.57. The van der Waals surface area contributed by atoms with Crippen molar-refractivity contribution in [1.82, 2.24) is 19.0 Å². The number of carbonyl (C=O) groups excluding carboxylic acids is 1. The number of nitrogens with zero attached hydrogens (tertiary/aromatic N) is 4. The monoisotopic (exact) mass is 490 g/mol. The van der Waals surface area contributed by atoms with Gasteiger partial charge in [-0.1, -0.05) is 24.2 Å². The molecule has 1 saturated heterocycles. The fourth-order valence-corrected chi connectivity index (χ4v) is 4.67. The number of hydrogen-bond acceptors (Lipinski definition) is 5. The fourth-order valence-electron chi connectivity index (χ4n) is 4.46. The molecule has 0 N–H and O–H groups in total. The first-order chi connectivity index (χ1) is 17.0.